The lowest BCUT2D eigenvalue weighted by molar-refractivity contribution is 0.0439. The number of nitrogens with zero attached hydrogens (tertiary/aromatic N) is 1. The van der Waals surface area contributed by atoms with Crippen molar-refractivity contribution in [2.45, 2.75) is 31.2 Å². The first-order valence-electron chi connectivity index (χ1n) is 4.48. The summed E-state index contributed by atoms with van der Waals surface area (Å²) in [5.74, 6) is 0. The van der Waals surface area contributed by atoms with E-state index in [9.17, 15) is 21.6 Å². The zero-order valence-corrected chi connectivity index (χ0v) is 9.22. The molecule has 0 fully saturated rings. The van der Waals surface area contributed by atoms with E-state index in [1.807, 2.05) is 0 Å². The largest absolute Gasteiger partial charge is 0.338 e. The SMILES string of the molecule is CCn1cccc1S(=O)(=O)NC(F)C(F)F. The third kappa shape index (κ3) is 2.76. The van der Waals surface area contributed by atoms with Gasteiger partial charge in [0, 0.05) is 12.7 Å². The van der Waals surface area contributed by atoms with Crippen LogP contribution < -0.4 is 4.72 Å². The van der Waals surface area contributed by atoms with Gasteiger partial charge in [-0.05, 0) is 19.1 Å². The van der Waals surface area contributed by atoms with Crippen molar-refractivity contribution in [1.29, 1.82) is 0 Å². The number of aryl methyl sites for hydroxylation is 1. The van der Waals surface area contributed by atoms with Gasteiger partial charge in [0.25, 0.3) is 16.4 Å². The summed E-state index contributed by atoms with van der Waals surface area (Å²) < 4.78 is 61.9. The van der Waals surface area contributed by atoms with Gasteiger partial charge in [0.15, 0.2) is 5.03 Å². The van der Waals surface area contributed by atoms with E-state index in [0.717, 1.165) is 0 Å². The number of rotatable bonds is 5. The van der Waals surface area contributed by atoms with Crippen LogP contribution in [0, 0.1) is 0 Å². The number of nitrogens with one attached hydrogen (secondary N) is 1. The first-order chi connectivity index (χ1) is 7.38. The van der Waals surface area contributed by atoms with E-state index in [0.29, 0.717) is 6.54 Å². The van der Waals surface area contributed by atoms with E-state index >= 15 is 0 Å². The van der Waals surface area contributed by atoms with Gasteiger partial charge < -0.3 is 4.57 Å². The molecule has 0 spiro atoms. The minimum atomic E-state index is -4.25. The molecule has 1 atom stereocenters. The Morgan fingerprint density at radius 3 is 2.56 bits per heavy atom. The average Bonchev–Trinajstić information content (AvgIpc) is 2.64. The Labute approximate surface area is 91.1 Å². The number of alkyl halides is 3. The number of sulfonamides is 1. The zero-order chi connectivity index (χ0) is 12.3. The summed E-state index contributed by atoms with van der Waals surface area (Å²) in [6, 6.07) is 2.65. The molecule has 0 aliphatic rings. The highest BCUT2D eigenvalue weighted by Gasteiger charge is 2.27. The van der Waals surface area contributed by atoms with E-state index in [1.165, 1.54) is 27.6 Å². The van der Waals surface area contributed by atoms with Crippen LogP contribution in [0.5, 0.6) is 0 Å². The first kappa shape index (κ1) is 13.0. The van der Waals surface area contributed by atoms with Crippen molar-refractivity contribution in [1.82, 2.24) is 9.29 Å². The van der Waals surface area contributed by atoms with Gasteiger partial charge in [-0.25, -0.2) is 21.6 Å². The van der Waals surface area contributed by atoms with E-state index in [-0.39, 0.29) is 5.03 Å². The maximum absolute atomic E-state index is 12.6. The van der Waals surface area contributed by atoms with Crippen molar-refractivity contribution >= 4 is 10.0 Å². The molecular weight excluding hydrogens is 245 g/mol. The molecule has 0 aliphatic heterocycles. The van der Waals surface area contributed by atoms with E-state index < -0.39 is 22.7 Å². The standard InChI is InChI=1S/C8H11F3N2O2S/c1-2-13-5-3-4-6(13)16(14,15)12-8(11)7(9)10/h3-5,7-8,12H,2H2,1H3. The third-order valence-electron chi connectivity index (χ3n) is 1.89. The molecule has 1 rings (SSSR count). The molecule has 1 aromatic rings. The molecule has 0 bridgehead atoms. The Kier molecular flexibility index (Phi) is 3.98. The van der Waals surface area contributed by atoms with Gasteiger partial charge in [0.1, 0.15) is 0 Å². The lowest BCUT2D eigenvalue weighted by Gasteiger charge is -2.11. The molecule has 0 aromatic carbocycles. The topological polar surface area (TPSA) is 51.1 Å². The molecule has 1 aromatic heterocycles. The van der Waals surface area contributed by atoms with Crippen LogP contribution in [0.3, 0.4) is 0 Å². The molecule has 1 unspecified atom stereocenters. The molecule has 0 amide bonds. The van der Waals surface area contributed by atoms with Crippen LogP contribution >= 0.6 is 0 Å². The molecule has 1 heterocycles. The third-order valence-corrected chi connectivity index (χ3v) is 3.35. The normalized spacial score (nSPS) is 14.3. The van der Waals surface area contributed by atoms with Crippen LogP contribution in [0.25, 0.3) is 0 Å². The van der Waals surface area contributed by atoms with Crippen molar-refractivity contribution < 1.29 is 21.6 Å². The summed E-state index contributed by atoms with van der Waals surface area (Å²) in [6.07, 6.45) is -4.82. The molecule has 0 aliphatic carbocycles. The monoisotopic (exact) mass is 256 g/mol. The maximum Gasteiger partial charge on any atom is 0.283 e. The predicted octanol–water partition coefficient (Wildman–Crippen LogP) is 1.35. The second-order valence-corrected chi connectivity index (χ2v) is 4.65. The van der Waals surface area contributed by atoms with Gasteiger partial charge in [0.05, 0.1) is 0 Å². The lowest BCUT2D eigenvalue weighted by Crippen LogP contribution is -2.37. The van der Waals surface area contributed by atoms with Crippen molar-refractivity contribution in [3.8, 4) is 0 Å². The minimum Gasteiger partial charge on any atom is -0.338 e. The highest BCUT2D eigenvalue weighted by molar-refractivity contribution is 7.89. The minimum absolute atomic E-state index is 0.238. The fourth-order valence-electron chi connectivity index (χ4n) is 1.16. The van der Waals surface area contributed by atoms with Gasteiger partial charge in [0.2, 0.25) is 6.30 Å². The highest BCUT2D eigenvalue weighted by Crippen LogP contribution is 2.12. The molecule has 0 saturated heterocycles. The lowest BCUT2D eigenvalue weighted by atomic mass is 10.7. The van der Waals surface area contributed by atoms with Crippen molar-refractivity contribution in [2.24, 2.45) is 0 Å². The second-order valence-electron chi connectivity index (χ2n) is 2.99. The number of halogens is 3. The summed E-state index contributed by atoms with van der Waals surface area (Å²) in [5.41, 5.74) is 0. The summed E-state index contributed by atoms with van der Waals surface area (Å²) in [7, 11) is -4.25. The van der Waals surface area contributed by atoms with Crippen LogP contribution in [0.15, 0.2) is 23.4 Å². The van der Waals surface area contributed by atoms with Gasteiger partial charge in [-0.15, -0.1) is 0 Å². The molecule has 92 valence electrons. The molecule has 1 N–H and O–H groups in total. The first-order valence-corrected chi connectivity index (χ1v) is 5.96. The van der Waals surface area contributed by atoms with E-state index in [4.69, 9.17) is 0 Å². The van der Waals surface area contributed by atoms with Crippen LogP contribution in [0.1, 0.15) is 6.92 Å². The summed E-state index contributed by atoms with van der Waals surface area (Å²) in [4.78, 5) is 0. The smallest absolute Gasteiger partial charge is 0.283 e. The van der Waals surface area contributed by atoms with E-state index in [2.05, 4.69) is 0 Å². The molecule has 4 nitrogen and oxygen atoms in total. The summed E-state index contributed by atoms with van der Waals surface area (Å²) in [6.45, 7) is 2.02. The van der Waals surface area contributed by atoms with Crippen molar-refractivity contribution in [2.75, 3.05) is 0 Å². The van der Waals surface area contributed by atoms with Gasteiger partial charge in [-0.3, -0.25) is 0 Å². The fraction of sp³-hybridized carbons (Fsp3) is 0.500. The Balaban J connectivity index is 2.95. The summed E-state index contributed by atoms with van der Waals surface area (Å²) >= 11 is 0. The summed E-state index contributed by atoms with van der Waals surface area (Å²) in [5, 5.41) is -0.238. The van der Waals surface area contributed by atoms with Crippen molar-refractivity contribution in [3.05, 3.63) is 18.3 Å². The molecule has 8 heteroatoms. The zero-order valence-electron chi connectivity index (χ0n) is 8.40. The Bertz CT molecular complexity index is 444. The molecule has 0 saturated carbocycles. The van der Waals surface area contributed by atoms with Crippen molar-refractivity contribution in [3.63, 3.8) is 0 Å². The van der Waals surface area contributed by atoms with Crippen LogP contribution in [0.2, 0.25) is 0 Å². The van der Waals surface area contributed by atoms with Gasteiger partial charge in [-0.1, -0.05) is 0 Å². The molecular formula is C8H11F3N2O2S. The Morgan fingerprint density at radius 2 is 2.06 bits per heavy atom. The van der Waals surface area contributed by atoms with Crippen LogP contribution in [-0.4, -0.2) is 25.7 Å². The van der Waals surface area contributed by atoms with Gasteiger partial charge >= 0.3 is 0 Å². The molecule has 0 radical (unpaired) electrons. The number of aromatic nitrogens is 1. The van der Waals surface area contributed by atoms with Crippen LogP contribution in [0.4, 0.5) is 13.2 Å². The predicted molar refractivity (Wildman–Crippen MR) is 51.3 cm³/mol. The highest BCUT2D eigenvalue weighted by atomic mass is 32.2. The average molecular weight is 256 g/mol. The maximum atomic E-state index is 12.6. The molecule has 16 heavy (non-hydrogen) atoms. The number of hydrogen-bond donors (Lipinski definition) is 1. The number of hydrogen-bond acceptors (Lipinski definition) is 2. The van der Waals surface area contributed by atoms with E-state index in [1.54, 1.807) is 6.92 Å². The fourth-order valence-corrected chi connectivity index (χ4v) is 2.44. The Morgan fingerprint density at radius 1 is 1.44 bits per heavy atom. The van der Waals surface area contributed by atoms with Gasteiger partial charge in [-0.2, -0.15) is 4.72 Å². The Hall–Kier alpha value is -1.02. The van der Waals surface area contributed by atoms with Crippen LogP contribution in [-0.2, 0) is 16.6 Å². The quantitative estimate of drug-likeness (QED) is 0.808. The second kappa shape index (κ2) is 4.88.